The number of fused-ring (bicyclic) bond motifs is 1. The number of methoxy groups -OCH3 is 1. The number of carboxylic acids is 1. The molecule has 3 aromatic carbocycles. The van der Waals surface area contributed by atoms with E-state index in [9.17, 15) is 27.6 Å². The first-order valence-electron chi connectivity index (χ1n) is 19.5. The van der Waals surface area contributed by atoms with Gasteiger partial charge in [0.05, 0.1) is 30.0 Å². The van der Waals surface area contributed by atoms with Gasteiger partial charge in [0, 0.05) is 54.8 Å². The number of nitrogens with zero attached hydrogens (tertiary/aromatic N) is 1. The van der Waals surface area contributed by atoms with Crippen LogP contribution in [0.4, 0.5) is 5.69 Å². The Balaban J connectivity index is 1.06. The fraction of sp³-hybridized carbons (Fsp3) is 0.372. The Morgan fingerprint density at radius 1 is 0.948 bits per heavy atom. The van der Waals surface area contributed by atoms with E-state index < -0.39 is 51.4 Å². The summed E-state index contributed by atoms with van der Waals surface area (Å²) in [6.07, 6.45) is 6.34. The topological polar surface area (TPSA) is 202 Å². The second-order valence-corrected chi connectivity index (χ2v) is 16.3. The fourth-order valence-corrected chi connectivity index (χ4v) is 8.43. The number of benzene rings is 3. The summed E-state index contributed by atoms with van der Waals surface area (Å²) in [5, 5.41) is 18.2. The van der Waals surface area contributed by atoms with Gasteiger partial charge in [-0.2, -0.15) is 0 Å². The van der Waals surface area contributed by atoms with Gasteiger partial charge in [0.15, 0.2) is 0 Å². The number of unbranched alkanes of at least 4 members (excludes halogenated alkanes) is 5. The van der Waals surface area contributed by atoms with Crippen molar-refractivity contribution < 1.29 is 42.2 Å². The SMILES string of the molecule is C=C[C@@H]1C[C@@]1(NC(=O)[C@@H]1C[C@@H](Oc2cc(-c3ccccc3)nc3cc(OC)ccc23)CN1)C(=O)NS(=O)(=O)c1ccccc1NC(=O)CCCCCCCCC(=O)O. The predicted molar refractivity (Wildman–Crippen MR) is 219 cm³/mol. The summed E-state index contributed by atoms with van der Waals surface area (Å²) >= 11 is 0. The second-order valence-electron chi connectivity index (χ2n) is 14.7. The Hall–Kier alpha value is -5.80. The minimum Gasteiger partial charge on any atom is -0.497 e. The van der Waals surface area contributed by atoms with Crippen LogP contribution < -0.4 is 30.1 Å². The van der Waals surface area contributed by atoms with Gasteiger partial charge in [-0.05, 0) is 43.5 Å². The molecule has 2 fully saturated rings. The average molecular weight is 812 g/mol. The molecule has 0 bridgehead atoms. The third-order valence-corrected chi connectivity index (χ3v) is 11.9. The summed E-state index contributed by atoms with van der Waals surface area (Å²) in [6.45, 7) is 4.13. The molecule has 2 aliphatic rings. The molecule has 2 heterocycles. The Morgan fingerprint density at radius 2 is 1.66 bits per heavy atom. The van der Waals surface area contributed by atoms with Crippen LogP contribution in [0.25, 0.3) is 22.2 Å². The molecule has 1 aliphatic carbocycles. The van der Waals surface area contributed by atoms with Gasteiger partial charge in [-0.15, -0.1) is 6.58 Å². The van der Waals surface area contributed by atoms with Crippen molar-refractivity contribution in [1.29, 1.82) is 0 Å². The van der Waals surface area contributed by atoms with Crippen molar-refractivity contribution in [3.05, 3.63) is 91.5 Å². The number of carboxylic acid groups (broad SMARTS) is 1. The molecule has 3 amide bonds. The molecular formula is C43H49N5O9S. The molecule has 4 atom stereocenters. The monoisotopic (exact) mass is 811 g/mol. The lowest BCUT2D eigenvalue weighted by Crippen LogP contribution is -2.55. The van der Waals surface area contributed by atoms with E-state index in [-0.39, 0.29) is 42.2 Å². The summed E-state index contributed by atoms with van der Waals surface area (Å²) < 4.78 is 41.4. The minimum absolute atomic E-state index is 0.0221. The number of ether oxygens (including phenoxy) is 2. The largest absolute Gasteiger partial charge is 0.497 e. The maximum atomic E-state index is 13.8. The number of amides is 3. The molecule has 14 nitrogen and oxygen atoms in total. The molecular weight excluding hydrogens is 763 g/mol. The molecule has 58 heavy (non-hydrogen) atoms. The zero-order valence-electron chi connectivity index (χ0n) is 32.4. The van der Waals surface area contributed by atoms with Gasteiger partial charge in [-0.1, -0.05) is 74.2 Å². The van der Waals surface area contributed by atoms with Crippen molar-refractivity contribution in [2.24, 2.45) is 5.92 Å². The maximum absolute atomic E-state index is 13.8. The Labute approximate surface area is 337 Å². The molecule has 1 saturated carbocycles. The molecule has 0 unspecified atom stereocenters. The third-order valence-electron chi connectivity index (χ3n) is 10.5. The number of hydrogen-bond acceptors (Lipinski definition) is 10. The first-order chi connectivity index (χ1) is 27.9. The number of carbonyl (C=O) groups is 4. The van der Waals surface area contributed by atoms with E-state index in [0.717, 1.165) is 36.6 Å². The van der Waals surface area contributed by atoms with Crippen LogP contribution in [-0.4, -0.2) is 73.5 Å². The maximum Gasteiger partial charge on any atom is 0.303 e. The Bertz CT molecular complexity index is 2270. The lowest BCUT2D eigenvalue weighted by Gasteiger charge is -2.21. The first-order valence-corrected chi connectivity index (χ1v) is 21.0. The highest BCUT2D eigenvalue weighted by molar-refractivity contribution is 7.90. The van der Waals surface area contributed by atoms with Crippen LogP contribution in [0.2, 0.25) is 0 Å². The average Bonchev–Trinajstić information content (AvgIpc) is 3.73. The van der Waals surface area contributed by atoms with Crippen LogP contribution in [0.3, 0.4) is 0 Å². The van der Waals surface area contributed by atoms with Crippen molar-refractivity contribution in [3.8, 4) is 22.8 Å². The number of nitrogens with one attached hydrogen (secondary N) is 4. The van der Waals surface area contributed by atoms with Crippen molar-refractivity contribution in [1.82, 2.24) is 20.3 Å². The van der Waals surface area contributed by atoms with E-state index in [1.165, 1.54) is 24.3 Å². The van der Waals surface area contributed by atoms with Crippen LogP contribution >= 0.6 is 0 Å². The number of aromatic nitrogens is 1. The number of hydrogen-bond donors (Lipinski definition) is 5. The van der Waals surface area contributed by atoms with Crippen LogP contribution in [0, 0.1) is 5.92 Å². The minimum atomic E-state index is -4.49. The van der Waals surface area contributed by atoms with E-state index in [1.807, 2.05) is 54.6 Å². The standard InChI is InChI=1S/C43H49N5O9S/c1-3-29-26-43(29,42(53)48-58(54,55)38-18-14-13-17-33(38)46-39(49)19-11-6-4-5-7-12-20-40(50)51)47-41(52)36-24-31(27-44-36)57-37-25-34(28-15-9-8-10-16-28)45-35-23-30(56-2)21-22-32(35)37/h3,8-10,13-18,21-23,25,29,31,36,44H,1,4-7,11-12,19-20,24,26-27H2,2H3,(H,46,49)(H,47,52)(H,48,53)(H,50,51)/t29-,31-,36+,43+/m1/s1. The van der Waals surface area contributed by atoms with Crippen molar-refractivity contribution in [3.63, 3.8) is 0 Å². The zero-order chi connectivity index (χ0) is 41.3. The lowest BCUT2D eigenvalue weighted by molar-refractivity contribution is -0.137. The number of aliphatic carboxylic acids is 1. The summed E-state index contributed by atoms with van der Waals surface area (Å²) in [7, 11) is -2.90. The predicted octanol–water partition coefficient (Wildman–Crippen LogP) is 5.73. The molecule has 15 heteroatoms. The van der Waals surface area contributed by atoms with E-state index in [0.29, 0.717) is 42.1 Å². The molecule has 5 N–H and O–H groups in total. The highest BCUT2D eigenvalue weighted by Crippen LogP contribution is 2.45. The summed E-state index contributed by atoms with van der Waals surface area (Å²) in [5.74, 6) is -1.85. The normalized spacial score (nSPS) is 19.8. The molecule has 1 aliphatic heterocycles. The number of carbonyl (C=O) groups excluding carboxylic acids is 3. The zero-order valence-corrected chi connectivity index (χ0v) is 33.2. The van der Waals surface area contributed by atoms with Gasteiger partial charge in [0.2, 0.25) is 11.8 Å². The number of anilines is 1. The van der Waals surface area contributed by atoms with Crippen LogP contribution in [0.1, 0.15) is 64.2 Å². The highest BCUT2D eigenvalue weighted by atomic mass is 32.2. The Morgan fingerprint density at radius 3 is 2.36 bits per heavy atom. The van der Waals surface area contributed by atoms with Crippen LogP contribution in [0.15, 0.2) is 96.4 Å². The molecule has 6 rings (SSSR count). The lowest BCUT2D eigenvalue weighted by atomic mass is 10.1. The van der Waals surface area contributed by atoms with E-state index in [4.69, 9.17) is 19.6 Å². The van der Waals surface area contributed by atoms with Crippen LogP contribution in [-0.2, 0) is 29.2 Å². The number of rotatable bonds is 20. The van der Waals surface area contributed by atoms with Crippen LogP contribution in [0.5, 0.6) is 11.5 Å². The van der Waals surface area contributed by atoms with E-state index in [2.05, 4.69) is 27.3 Å². The van der Waals surface area contributed by atoms with Gasteiger partial charge in [-0.3, -0.25) is 19.2 Å². The van der Waals surface area contributed by atoms with E-state index in [1.54, 1.807) is 13.2 Å². The first kappa shape index (κ1) is 41.8. The van der Waals surface area contributed by atoms with Gasteiger partial charge in [0.25, 0.3) is 15.9 Å². The fourth-order valence-electron chi connectivity index (χ4n) is 7.22. The molecule has 4 aromatic rings. The van der Waals surface area contributed by atoms with Gasteiger partial charge in [0.1, 0.15) is 28.0 Å². The quantitative estimate of drug-likeness (QED) is 0.0539. The molecule has 1 aromatic heterocycles. The molecule has 1 saturated heterocycles. The number of pyridine rings is 1. The van der Waals surface area contributed by atoms with Gasteiger partial charge < -0.3 is 30.5 Å². The van der Waals surface area contributed by atoms with E-state index >= 15 is 0 Å². The van der Waals surface area contributed by atoms with Crippen molar-refractivity contribution >= 4 is 50.3 Å². The second kappa shape index (κ2) is 18.6. The van der Waals surface area contributed by atoms with Gasteiger partial charge in [-0.25, -0.2) is 18.1 Å². The summed E-state index contributed by atoms with van der Waals surface area (Å²) in [6, 6.07) is 22.2. The Kier molecular flexibility index (Phi) is 13.4. The van der Waals surface area contributed by atoms with Crippen molar-refractivity contribution in [2.75, 3.05) is 19.0 Å². The number of para-hydroxylation sites is 1. The molecule has 0 radical (unpaired) electrons. The smallest absolute Gasteiger partial charge is 0.303 e. The summed E-state index contributed by atoms with van der Waals surface area (Å²) in [5.41, 5.74) is 0.786. The third kappa shape index (κ3) is 10.2. The molecule has 306 valence electrons. The van der Waals surface area contributed by atoms with Gasteiger partial charge >= 0.3 is 5.97 Å². The number of sulfonamides is 1. The highest BCUT2D eigenvalue weighted by Gasteiger charge is 2.61. The summed E-state index contributed by atoms with van der Waals surface area (Å²) in [4.78, 5) is 55.4. The van der Waals surface area contributed by atoms with Crippen molar-refractivity contribution in [2.45, 2.75) is 86.8 Å². The molecule has 0 spiro atoms.